The van der Waals surface area contributed by atoms with Crippen LogP contribution in [0.5, 0.6) is 0 Å². The summed E-state index contributed by atoms with van der Waals surface area (Å²) in [5.41, 5.74) is 0.808. The van der Waals surface area contributed by atoms with Gasteiger partial charge in [-0.1, -0.05) is 24.3 Å². The first kappa shape index (κ1) is 21.5. The number of ether oxygens (including phenoxy) is 1. The van der Waals surface area contributed by atoms with E-state index in [1.807, 2.05) is 57.2 Å². The largest absolute Gasteiger partial charge is 0.444 e. The van der Waals surface area contributed by atoms with Gasteiger partial charge in [0.05, 0.1) is 11.9 Å². The van der Waals surface area contributed by atoms with Gasteiger partial charge in [0, 0.05) is 37.8 Å². The molecule has 1 aliphatic heterocycles. The number of benzene rings is 1. The van der Waals surface area contributed by atoms with E-state index in [0.717, 1.165) is 16.5 Å². The van der Waals surface area contributed by atoms with Crippen molar-refractivity contribution >= 4 is 34.3 Å². The van der Waals surface area contributed by atoms with Gasteiger partial charge in [0.1, 0.15) is 17.1 Å². The van der Waals surface area contributed by atoms with E-state index in [1.54, 1.807) is 23.4 Å². The van der Waals surface area contributed by atoms with Crippen molar-refractivity contribution in [2.45, 2.75) is 26.4 Å². The molecule has 8 heteroatoms. The third kappa shape index (κ3) is 4.96. The Bertz CT molecular complexity index is 1110. The fourth-order valence-electron chi connectivity index (χ4n) is 3.60. The number of carbonyl (C=O) groups is 2. The summed E-state index contributed by atoms with van der Waals surface area (Å²) in [7, 11) is 0. The molecular weight excluding hydrogens is 406 g/mol. The molecule has 1 aliphatic rings. The van der Waals surface area contributed by atoms with Gasteiger partial charge in [-0.15, -0.1) is 0 Å². The number of pyridine rings is 2. The van der Waals surface area contributed by atoms with Crippen molar-refractivity contribution in [3.05, 3.63) is 60.6 Å². The molecule has 1 N–H and O–H groups in total. The number of anilines is 2. The quantitative estimate of drug-likeness (QED) is 0.673. The molecule has 2 amide bonds. The highest BCUT2D eigenvalue weighted by Gasteiger charge is 2.26. The second-order valence-corrected chi connectivity index (χ2v) is 8.69. The monoisotopic (exact) mass is 433 g/mol. The minimum absolute atomic E-state index is 0.282. The molecule has 0 aliphatic carbocycles. The Morgan fingerprint density at radius 2 is 1.72 bits per heavy atom. The van der Waals surface area contributed by atoms with Gasteiger partial charge in [0.15, 0.2) is 0 Å². The summed E-state index contributed by atoms with van der Waals surface area (Å²) < 4.78 is 5.44. The Hall–Kier alpha value is -3.68. The van der Waals surface area contributed by atoms with Crippen LogP contribution in [0.25, 0.3) is 10.8 Å². The molecule has 1 aromatic carbocycles. The number of fused-ring (bicyclic) bond motifs is 1. The van der Waals surface area contributed by atoms with E-state index in [1.165, 1.54) is 0 Å². The van der Waals surface area contributed by atoms with Crippen molar-refractivity contribution in [1.29, 1.82) is 0 Å². The number of nitrogens with one attached hydrogen (secondary N) is 1. The number of amides is 2. The summed E-state index contributed by atoms with van der Waals surface area (Å²) in [5.74, 6) is 0.161. The Morgan fingerprint density at radius 1 is 0.969 bits per heavy atom. The second kappa shape index (κ2) is 8.82. The van der Waals surface area contributed by atoms with E-state index in [2.05, 4.69) is 20.2 Å². The van der Waals surface area contributed by atoms with Crippen LogP contribution in [0.3, 0.4) is 0 Å². The first-order valence-electron chi connectivity index (χ1n) is 10.6. The Kier molecular flexibility index (Phi) is 5.94. The summed E-state index contributed by atoms with van der Waals surface area (Å²) in [5, 5.41) is 4.58. The lowest BCUT2D eigenvalue weighted by Crippen LogP contribution is -2.50. The maximum atomic E-state index is 12.7. The minimum Gasteiger partial charge on any atom is -0.444 e. The topological polar surface area (TPSA) is 87.7 Å². The van der Waals surface area contributed by atoms with Gasteiger partial charge < -0.3 is 19.9 Å². The molecule has 3 heterocycles. The molecule has 0 saturated carbocycles. The van der Waals surface area contributed by atoms with Crippen LogP contribution in [-0.2, 0) is 4.74 Å². The van der Waals surface area contributed by atoms with Crippen LogP contribution < -0.4 is 10.2 Å². The number of hydrogen-bond acceptors (Lipinski definition) is 6. The Morgan fingerprint density at radius 3 is 2.41 bits per heavy atom. The van der Waals surface area contributed by atoms with Crippen LogP contribution in [-0.4, -0.2) is 58.6 Å². The number of aromatic nitrogens is 2. The zero-order chi connectivity index (χ0) is 22.7. The molecular formula is C24H27N5O3. The van der Waals surface area contributed by atoms with Crippen LogP contribution in [0.1, 0.15) is 31.3 Å². The standard InChI is InChI=1S/C24H27N5O3/c1-24(2,3)32-23(31)29-14-12-28(13-15-29)18-8-9-20(26-16-18)27-22(30)21-19-7-5-4-6-17(19)10-11-25-21/h4-11,16H,12-15H2,1-3H3,(H,26,27,30). The second-order valence-electron chi connectivity index (χ2n) is 8.69. The number of piperazine rings is 1. The molecule has 166 valence electrons. The molecule has 1 saturated heterocycles. The number of rotatable bonds is 3. The molecule has 0 unspecified atom stereocenters. The first-order valence-corrected chi connectivity index (χ1v) is 10.6. The fraction of sp³-hybridized carbons (Fsp3) is 0.333. The van der Waals surface area contributed by atoms with Crippen molar-refractivity contribution in [2.24, 2.45) is 0 Å². The highest BCUT2D eigenvalue weighted by Crippen LogP contribution is 2.20. The van der Waals surface area contributed by atoms with Gasteiger partial charge in [-0.3, -0.25) is 9.78 Å². The normalized spacial score (nSPS) is 14.3. The molecule has 0 spiro atoms. The van der Waals surface area contributed by atoms with Crippen molar-refractivity contribution in [1.82, 2.24) is 14.9 Å². The third-order valence-corrected chi connectivity index (χ3v) is 5.17. The lowest BCUT2D eigenvalue weighted by atomic mass is 10.1. The SMILES string of the molecule is CC(C)(C)OC(=O)N1CCN(c2ccc(NC(=O)c3nccc4ccccc34)nc2)CC1. The average Bonchev–Trinajstić information content (AvgIpc) is 2.78. The van der Waals surface area contributed by atoms with E-state index in [0.29, 0.717) is 37.7 Å². The highest BCUT2D eigenvalue weighted by atomic mass is 16.6. The van der Waals surface area contributed by atoms with Crippen LogP contribution in [0, 0.1) is 0 Å². The highest BCUT2D eigenvalue weighted by molar-refractivity contribution is 6.11. The fourth-order valence-corrected chi connectivity index (χ4v) is 3.60. The van der Waals surface area contributed by atoms with Crippen molar-refractivity contribution < 1.29 is 14.3 Å². The Balaban J connectivity index is 1.37. The minimum atomic E-state index is -0.500. The maximum absolute atomic E-state index is 12.7. The molecule has 0 atom stereocenters. The first-order chi connectivity index (χ1) is 15.3. The summed E-state index contributed by atoms with van der Waals surface area (Å²) in [6, 6.07) is 13.2. The lowest BCUT2D eigenvalue weighted by molar-refractivity contribution is 0.0240. The molecule has 4 rings (SSSR count). The zero-order valence-corrected chi connectivity index (χ0v) is 18.5. The summed E-state index contributed by atoms with van der Waals surface area (Å²) in [6.45, 7) is 8.13. The zero-order valence-electron chi connectivity index (χ0n) is 18.5. The van der Waals surface area contributed by atoms with E-state index < -0.39 is 5.60 Å². The number of carbonyl (C=O) groups excluding carboxylic acids is 2. The van der Waals surface area contributed by atoms with Gasteiger partial charge >= 0.3 is 6.09 Å². The van der Waals surface area contributed by atoms with Crippen molar-refractivity contribution in [3.63, 3.8) is 0 Å². The van der Waals surface area contributed by atoms with Gasteiger partial charge in [0.25, 0.3) is 5.91 Å². The van der Waals surface area contributed by atoms with Crippen LogP contribution in [0.2, 0.25) is 0 Å². The molecule has 8 nitrogen and oxygen atoms in total. The lowest BCUT2D eigenvalue weighted by Gasteiger charge is -2.36. The molecule has 0 bridgehead atoms. The molecule has 1 fully saturated rings. The van der Waals surface area contributed by atoms with Gasteiger partial charge in [-0.2, -0.15) is 0 Å². The molecule has 32 heavy (non-hydrogen) atoms. The van der Waals surface area contributed by atoms with Crippen molar-refractivity contribution in [2.75, 3.05) is 36.4 Å². The van der Waals surface area contributed by atoms with E-state index >= 15 is 0 Å². The van der Waals surface area contributed by atoms with Crippen LogP contribution in [0.15, 0.2) is 54.9 Å². The van der Waals surface area contributed by atoms with Gasteiger partial charge in [0.2, 0.25) is 0 Å². The predicted octanol–water partition coefficient (Wildman–Crippen LogP) is 3.94. The van der Waals surface area contributed by atoms with Crippen LogP contribution >= 0.6 is 0 Å². The Labute approximate surface area is 187 Å². The molecule has 0 radical (unpaired) electrons. The number of hydrogen-bond donors (Lipinski definition) is 1. The van der Waals surface area contributed by atoms with Gasteiger partial charge in [-0.05, 0) is 44.4 Å². The third-order valence-electron chi connectivity index (χ3n) is 5.17. The van der Waals surface area contributed by atoms with E-state index in [-0.39, 0.29) is 12.0 Å². The summed E-state index contributed by atoms with van der Waals surface area (Å²) >= 11 is 0. The smallest absolute Gasteiger partial charge is 0.410 e. The predicted molar refractivity (Wildman–Crippen MR) is 124 cm³/mol. The van der Waals surface area contributed by atoms with E-state index in [4.69, 9.17) is 4.74 Å². The maximum Gasteiger partial charge on any atom is 0.410 e. The summed E-state index contributed by atoms with van der Waals surface area (Å²) in [6.07, 6.45) is 3.08. The molecule has 3 aromatic rings. The van der Waals surface area contributed by atoms with E-state index in [9.17, 15) is 9.59 Å². The average molecular weight is 434 g/mol. The molecule has 2 aromatic heterocycles. The summed E-state index contributed by atoms with van der Waals surface area (Å²) in [4.78, 5) is 37.5. The van der Waals surface area contributed by atoms with Crippen molar-refractivity contribution in [3.8, 4) is 0 Å². The van der Waals surface area contributed by atoms with Crippen LogP contribution in [0.4, 0.5) is 16.3 Å². The van der Waals surface area contributed by atoms with Gasteiger partial charge in [-0.25, -0.2) is 9.78 Å². The number of nitrogens with zero attached hydrogens (tertiary/aromatic N) is 4.